The number of nitrogens with zero attached hydrogens (tertiary/aromatic N) is 1. The fraction of sp³-hybridized carbons (Fsp3) is 0.200. The Labute approximate surface area is 81.2 Å². The topological polar surface area (TPSA) is 55.7 Å². The van der Waals surface area contributed by atoms with Crippen LogP contribution in [0.3, 0.4) is 0 Å². The highest BCUT2D eigenvalue weighted by molar-refractivity contribution is 5.95. The van der Waals surface area contributed by atoms with E-state index in [0.717, 1.165) is 0 Å². The molecule has 1 rings (SSSR count). The molecule has 0 aliphatic carbocycles. The second kappa shape index (κ2) is 4.35. The maximum absolute atomic E-state index is 11.0. The van der Waals surface area contributed by atoms with Crippen molar-refractivity contribution in [1.82, 2.24) is 0 Å². The molecule has 0 radical (unpaired) electrons. The highest BCUT2D eigenvalue weighted by Crippen LogP contribution is 2.27. The van der Waals surface area contributed by atoms with Gasteiger partial charge < -0.3 is 4.74 Å². The molecule has 0 spiro atoms. The number of hydrogen-bond donors (Lipinski definition) is 0. The average molecular weight is 191 g/mol. The van der Waals surface area contributed by atoms with E-state index in [4.69, 9.17) is 4.74 Å². The predicted molar refractivity (Wildman–Crippen MR) is 50.8 cm³/mol. The summed E-state index contributed by atoms with van der Waals surface area (Å²) in [4.78, 5) is 24.5. The van der Waals surface area contributed by atoms with Gasteiger partial charge in [0.1, 0.15) is 11.4 Å². The lowest BCUT2D eigenvalue weighted by Gasteiger charge is -2.03. The third-order valence-corrected chi connectivity index (χ3v) is 1.75. The summed E-state index contributed by atoms with van der Waals surface area (Å²) in [5.74, 6) is 0.355. The van der Waals surface area contributed by atoms with E-state index >= 15 is 0 Å². The second-order valence-electron chi connectivity index (χ2n) is 2.65. The van der Waals surface area contributed by atoms with Gasteiger partial charge in [0.25, 0.3) is 0 Å². The minimum Gasteiger partial charge on any atom is -0.494 e. The number of carbonyl (C=O) groups excluding carboxylic acids is 2. The van der Waals surface area contributed by atoms with Crippen molar-refractivity contribution in [3.05, 3.63) is 23.8 Å². The monoisotopic (exact) mass is 191 g/mol. The smallest absolute Gasteiger partial charge is 0.240 e. The highest BCUT2D eigenvalue weighted by Gasteiger charge is 2.05. The molecule has 4 heteroatoms. The summed E-state index contributed by atoms with van der Waals surface area (Å²) in [7, 11) is 1.46. The van der Waals surface area contributed by atoms with E-state index in [-0.39, 0.29) is 5.78 Å². The largest absolute Gasteiger partial charge is 0.494 e. The lowest BCUT2D eigenvalue weighted by molar-refractivity contribution is 0.101. The third-order valence-electron chi connectivity index (χ3n) is 1.75. The maximum atomic E-state index is 11.0. The molecule has 0 atom stereocenters. The fourth-order valence-electron chi connectivity index (χ4n) is 1.05. The van der Waals surface area contributed by atoms with Crippen LogP contribution in [0.4, 0.5) is 5.69 Å². The average Bonchev–Trinajstić information content (AvgIpc) is 2.18. The van der Waals surface area contributed by atoms with E-state index in [1.54, 1.807) is 12.1 Å². The molecule has 72 valence electrons. The summed E-state index contributed by atoms with van der Waals surface area (Å²) in [6.07, 6.45) is 1.41. The molecule has 0 saturated carbocycles. The van der Waals surface area contributed by atoms with Crippen LogP contribution in [-0.2, 0) is 4.79 Å². The molecule has 14 heavy (non-hydrogen) atoms. The van der Waals surface area contributed by atoms with Gasteiger partial charge in [-0.05, 0) is 25.1 Å². The van der Waals surface area contributed by atoms with Crippen LogP contribution in [0.1, 0.15) is 17.3 Å². The number of hydrogen-bond acceptors (Lipinski definition) is 4. The first kappa shape index (κ1) is 10.2. The summed E-state index contributed by atoms with van der Waals surface area (Å²) >= 11 is 0. The van der Waals surface area contributed by atoms with Gasteiger partial charge in [-0.3, -0.25) is 4.79 Å². The normalized spacial score (nSPS) is 9.00. The summed E-state index contributed by atoms with van der Waals surface area (Å²) in [5.41, 5.74) is 0.801. The van der Waals surface area contributed by atoms with E-state index in [0.29, 0.717) is 17.0 Å². The van der Waals surface area contributed by atoms with Crippen molar-refractivity contribution in [3.8, 4) is 5.75 Å². The fourth-order valence-corrected chi connectivity index (χ4v) is 1.05. The van der Waals surface area contributed by atoms with Crippen LogP contribution in [0.25, 0.3) is 0 Å². The van der Waals surface area contributed by atoms with Gasteiger partial charge in [-0.2, -0.15) is 4.99 Å². The van der Waals surface area contributed by atoms with E-state index in [9.17, 15) is 9.59 Å². The lowest BCUT2D eigenvalue weighted by atomic mass is 10.1. The Kier molecular flexibility index (Phi) is 3.15. The van der Waals surface area contributed by atoms with Gasteiger partial charge in [0, 0.05) is 5.56 Å². The van der Waals surface area contributed by atoms with E-state index in [1.807, 2.05) is 0 Å². The number of aliphatic imine (C=N–C) groups is 1. The number of benzene rings is 1. The van der Waals surface area contributed by atoms with Crippen molar-refractivity contribution in [1.29, 1.82) is 0 Å². The number of Topliss-reactive ketones (excluding diaryl/α,β-unsaturated/α-hetero) is 1. The number of carbonyl (C=O) groups is 1. The highest BCUT2D eigenvalue weighted by atomic mass is 16.5. The Morgan fingerprint density at radius 1 is 1.50 bits per heavy atom. The molecule has 0 bridgehead atoms. The van der Waals surface area contributed by atoms with Crippen molar-refractivity contribution in [2.24, 2.45) is 4.99 Å². The molecule has 0 N–H and O–H groups in total. The first-order chi connectivity index (χ1) is 6.69. The van der Waals surface area contributed by atoms with Crippen LogP contribution in [0, 0.1) is 0 Å². The zero-order valence-electron chi connectivity index (χ0n) is 7.90. The molecule has 0 saturated heterocycles. The van der Waals surface area contributed by atoms with Crippen LogP contribution < -0.4 is 4.74 Å². The number of ether oxygens (including phenoxy) is 1. The first-order valence-electron chi connectivity index (χ1n) is 3.96. The Morgan fingerprint density at radius 2 is 2.21 bits per heavy atom. The molecule has 4 nitrogen and oxygen atoms in total. The Bertz CT molecular complexity index is 406. The maximum Gasteiger partial charge on any atom is 0.240 e. The van der Waals surface area contributed by atoms with Crippen molar-refractivity contribution in [2.45, 2.75) is 6.92 Å². The van der Waals surface area contributed by atoms with E-state index < -0.39 is 0 Å². The van der Waals surface area contributed by atoms with Gasteiger partial charge in [-0.25, -0.2) is 4.79 Å². The molecule has 0 aromatic heterocycles. The molecule has 0 fully saturated rings. The number of isocyanates is 1. The van der Waals surface area contributed by atoms with Gasteiger partial charge in [-0.1, -0.05) is 0 Å². The Morgan fingerprint density at radius 3 is 2.71 bits per heavy atom. The van der Waals surface area contributed by atoms with Crippen LogP contribution in [0.5, 0.6) is 5.75 Å². The predicted octanol–water partition coefficient (Wildman–Crippen LogP) is 1.87. The summed E-state index contributed by atoms with van der Waals surface area (Å²) < 4.78 is 4.95. The summed E-state index contributed by atoms with van der Waals surface area (Å²) in [5, 5.41) is 0. The summed E-state index contributed by atoms with van der Waals surface area (Å²) in [6.45, 7) is 1.44. The second-order valence-corrected chi connectivity index (χ2v) is 2.65. The molecule has 0 heterocycles. The van der Waals surface area contributed by atoms with Crippen LogP contribution >= 0.6 is 0 Å². The van der Waals surface area contributed by atoms with Crippen molar-refractivity contribution in [2.75, 3.05) is 7.11 Å². The summed E-state index contributed by atoms with van der Waals surface area (Å²) in [6, 6.07) is 4.70. The molecule has 1 aromatic rings. The van der Waals surface area contributed by atoms with E-state index in [1.165, 1.54) is 26.2 Å². The number of ketones is 1. The molecule has 0 aliphatic heterocycles. The first-order valence-corrected chi connectivity index (χ1v) is 3.96. The minimum absolute atomic E-state index is 0.0880. The van der Waals surface area contributed by atoms with Gasteiger partial charge in [0.15, 0.2) is 5.78 Å². The zero-order valence-corrected chi connectivity index (χ0v) is 7.90. The van der Waals surface area contributed by atoms with Crippen LogP contribution in [0.15, 0.2) is 23.2 Å². The SMILES string of the molecule is COc1ccc(C(C)=O)cc1N=C=O. The quantitative estimate of drug-likeness (QED) is 0.416. The van der Waals surface area contributed by atoms with Gasteiger partial charge >= 0.3 is 0 Å². The van der Waals surface area contributed by atoms with Crippen molar-refractivity contribution < 1.29 is 14.3 Å². The molecular formula is C10H9NO3. The molecular weight excluding hydrogens is 182 g/mol. The number of rotatable bonds is 3. The molecule has 0 unspecified atom stereocenters. The van der Waals surface area contributed by atoms with Crippen LogP contribution in [-0.4, -0.2) is 19.0 Å². The van der Waals surface area contributed by atoms with Crippen LogP contribution in [0.2, 0.25) is 0 Å². The standard InChI is InChI=1S/C10H9NO3/c1-7(13)8-3-4-10(14-2)9(5-8)11-6-12/h3-5H,1-2H3. The van der Waals surface area contributed by atoms with Gasteiger partial charge in [0.2, 0.25) is 6.08 Å². The number of methoxy groups -OCH3 is 1. The van der Waals surface area contributed by atoms with E-state index in [2.05, 4.69) is 4.99 Å². The Balaban J connectivity index is 3.27. The lowest BCUT2D eigenvalue weighted by Crippen LogP contribution is -1.92. The van der Waals surface area contributed by atoms with Gasteiger partial charge in [-0.15, -0.1) is 0 Å². The molecule has 0 amide bonds. The zero-order chi connectivity index (χ0) is 10.6. The Hall–Kier alpha value is -1.93. The molecule has 1 aromatic carbocycles. The van der Waals surface area contributed by atoms with Crippen molar-refractivity contribution in [3.63, 3.8) is 0 Å². The molecule has 0 aliphatic rings. The minimum atomic E-state index is -0.0880. The van der Waals surface area contributed by atoms with Crippen molar-refractivity contribution >= 4 is 17.6 Å². The van der Waals surface area contributed by atoms with Gasteiger partial charge in [0.05, 0.1) is 7.11 Å². The third kappa shape index (κ3) is 2.06.